The first-order valence-electron chi connectivity index (χ1n) is 8.04. The summed E-state index contributed by atoms with van der Waals surface area (Å²) in [5, 5.41) is 1.26. The summed E-state index contributed by atoms with van der Waals surface area (Å²) in [6.45, 7) is 1.30. The monoisotopic (exact) mass is 371 g/mol. The number of benzene rings is 1. The van der Waals surface area contributed by atoms with Gasteiger partial charge in [0.25, 0.3) is 5.91 Å². The first-order valence-corrected chi connectivity index (χ1v) is 8.04. The fourth-order valence-electron chi connectivity index (χ4n) is 3.24. The molecule has 0 spiro atoms. The number of carbonyl (C=O) groups excluding carboxylic acids is 2. The molecule has 5 nitrogen and oxygen atoms in total. The lowest BCUT2D eigenvalue weighted by atomic mass is 9.87. The van der Waals surface area contributed by atoms with Crippen molar-refractivity contribution in [2.45, 2.75) is 13.1 Å². The number of aromatic nitrogens is 1. The standard InChI is InChI=1S/C19H12F3N3O2/c1-10-6-15-13(7-14(10)19(20,21)22)17(26)25(18(27)24-15)16-9-23-8-11-4-2-3-5-12(11)16/h2-9,14H,1H3. The maximum atomic E-state index is 13.3. The third-order valence-corrected chi connectivity index (χ3v) is 4.55. The number of rotatable bonds is 1. The Bertz CT molecular complexity index is 1080. The second kappa shape index (κ2) is 5.87. The van der Waals surface area contributed by atoms with Crippen molar-refractivity contribution in [3.05, 3.63) is 60.0 Å². The summed E-state index contributed by atoms with van der Waals surface area (Å²) in [4.78, 5) is 34.0. The van der Waals surface area contributed by atoms with E-state index in [1.54, 1.807) is 30.5 Å². The number of nitrogens with zero attached hydrogens (tertiary/aromatic N) is 3. The number of pyridine rings is 1. The zero-order valence-corrected chi connectivity index (χ0v) is 14.0. The normalized spacial score (nSPS) is 20.2. The quantitative estimate of drug-likeness (QED) is 0.755. The lowest BCUT2D eigenvalue weighted by Crippen LogP contribution is -2.44. The van der Waals surface area contributed by atoms with Gasteiger partial charge in [-0.3, -0.25) is 9.78 Å². The molecule has 2 aliphatic rings. The molecule has 0 fully saturated rings. The van der Waals surface area contributed by atoms with Crippen LogP contribution < -0.4 is 4.90 Å². The Balaban J connectivity index is 1.87. The van der Waals surface area contributed by atoms with Gasteiger partial charge in [-0.1, -0.05) is 35.9 Å². The largest absolute Gasteiger partial charge is 0.398 e. The molecular weight excluding hydrogens is 359 g/mol. The molecule has 0 saturated heterocycles. The van der Waals surface area contributed by atoms with Crippen molar-refractivity contribution in [2.75, 3.05) is 4.90 Å². The number of imide groups is 1. The van der Waals surface area contributed by atoms with Crippen LogP contribution in [0.2, 0.25) is 0 Å². The summed E-state index contributed by atoms with van der Waals surface area (Å²) in [7, 11) is 0. The maximum Gasteiger partial charge on any atom is 0.398 e. The van der Waals surface area contributed by atoms with Crippen LogP contribution in [0.5, 0.6) is 0 Å². The van der Waals surface area contributed by atoms with Gasteiger partial charge in [0.05, 0.1) is 29.1 Å². The van der Waals surface area contributed by atoms with Crippen molar-refractivity contribution >= 4 is 34.1 Å². The van der Waals surface area contributed by atoms with Crippen molar-refractivity contribution in [1.29, 1.82) is 0 Å². The molecule has 27 heavy (non-hydrogen) atoms. The Kier molecular flexibility index (Phi) is 3.73. The number of urea groups is 1. The molecule has 1 aliphatic carbocycles. The molecule has 0 N–H and O–H groups in total. The molecule has 0 saturated carbocycles. The predicted molar refractivity (Wildman–Crippen MR) is 93.4 cm³/mol. The first kappa shape index (κ1) is 17.1. The molecule has 4 rings (SSSR count). The first-order chi connectivity index (χ1) is 12.8. The van der Waals surface area contributed by atoms with Crippen LogP contribution in [0.25, 0.3) is 10.8 Å². The lowest BCUT2D eigenvalue weighted by Gasteiger charge is -2.29. The maximum absolute atomic E-state index is 13.3. The lowest BCUT2D eigenvalue weighted by molar-refractivity contribution is -0.151. The minimum absolute atomic E-state index is 0.0223. The van der Waals surface area contributed by atoms with E-state index in [1.807, 2.05) is 0 Å². The summed E-state index contributed by atoms with van der Waals surface area (Å²) in [5.41, 5.74) is -0.129. The van der Waals surface area contributed by atoms with Crippen LogP contribution in [0.1, 0.15) is 6.92 Å². The number of hydrogen-bond acceptors (Lipinski definition) is 3. The van der Waals surface area contributed by atoms with Crippen LogP contribution in [0, 0.1) is 5.92 Å². The highest BCUT2D eigenvalue weighted by Crippen LogP contribution is 2.38. The Morgan fingerprint density at radius 3 is 2.59 bits per heavy atom. The Morgan fingerprint density at radius 2 is 1.85 bits per heavy atom. The molecule has 2 heterocycles. The van der Waals surface area contributed by atoms with Crippen molar-refractivity contribution in [3.8, 4) is 0 Å². The molecule has 0 radical (unpaired) electrons. The third kappa shape index (κ3) is 2.73. The molecule has 1 aromatic heterocycles. The number of anilines is 1. The molecule has 8 heteroatoms. The fraction of sp³-hybridized carbons (Fsp3) is 0.158. The summed E-state index contributed by atoms with van der Waals surface area (Å²) in [6, 6.07) is 6.09. The molecule has 1 aliphatic heterocycles. The van der Waals surface area contributed by atoms with Crippen LogP contribution in [-0.4, -0.2) is 28.8 Å². The number of hydrogen-bond donors (Lipinski definition) is 0. The minimum atomic E-state index is -4.54. The number of alkyl halides is 3. The van der Waals surface area contributed by atoms with E-state index in [9.17, 15) is 22.8 Å². The van der Waals surface area contributed by atoms with Crippen LogP contribution in [-0.2, 0) is 4.79 Å². The smallest absolute Gasteiger partial charge is 0.268 e. The Morgan fingerprint density at radius 1 is 1.11 bits per heavy atom. The average molecular weight is 371 g/mol. The van der Waals surface area contributed by atoms with E-state index in [1.165, 1.54) is 13.1 Å². The van der Waals surface area contributed by atoms with Crippen LogP contribution in [0.4, 0.5) is 23.7 Å². The third-order valence-electron chi connectivity index (χ3n) is 4.55. The van der Waals surface area contributed by atoms with Crippen LogP contribution in [0.3, 0.4) is 0 Å². The number of aliphatic imine (C=N–C) groups is 1. The highest BCUT2D eigenvalue weighted by atomic mass is 19.4. The van der Waals surface area contributed by atoms with E-state index in [-0.39, 0.29) is 22.5 Å². The molecule has 2 aromatic rings. The van der Waals surface area contributed by atoms with Gasteiger partial charge >= 0.3 is 12.2 Å². The summed E-state index contributed by atoms with van der Waals surface area (Å²) in [5.74, 6) is -2.74. The van der Waals surface area contributed by atoms with Crippen molar-refractivity contribution < 1.29 is 22.8 Å². The van der Waals surface area contributed by atoms with Crippen LogP contribution in [0.15, 0.2) is 64.9 Å². The molecule has 1 unspecified atom stereocenters. The minimum Gasteiger partial charge on any atom is -0.268 e. The fourth-order valence-corrected chi connectivity index (χ4v) is 3.24. The van der Waals surface area contributed by atoms with E-state index in [0.29, 0.717) is 10.8 Å². The zero-order chi connectivity index (χ0) is 19.3. The van der Waals surface area contributed by atoms with Gasteiger partial charge in [0.2, 0.25) is 0 Å². The van der Waals surface area contributed by atoms with Gasteiger partial charge in [-0.05, 0) is 13.0 Å². The topological polar surface area (TPSA) is 62.6 Å². The van der Waals surface area contributed by atoms with Gasteiger partial charge in [0, 0.05) is 17.0 Å². The second-order valence-corrected chi connectivity index (χ2v) is 6.29. The van der Waals surface area contributed by atoms with Crippen molar-refractivity contribution in [1.82, 2.24) is 4.98 Å². The second-order valence-electron chi connectivity index (χ2n) is 6.29. The predicted octanol–water partition coefficient (Wildman–Crippen LogP) is 4.21. The number of fused-ring (bicyclic) bond motifs is 2. The molecule has 3 amide bonds. The number of allylic oxidation sites excluding steroid dienone is 3. The van der Waals surface area contributed by atoms with Gasteiger partial charge in [0.1, 0.15) is 0 Å². The highest BCUT2D eigenvalue weighted by molar-refractivity contribution is 6.41. The highest BCUT2D eigenvalue weighted by Gasteiger charge is 2.44. The summed E-state index contributed by atoms with van der Waals surface area (Å²) < 4.78 is 39.8. The van der Waals surface area contributed by atoms with E-state index >= 15 is 0 Å². The molecule has 1 aromatic carbocycles. The summed E-state index contributed by atoms with van der Waals surface area (Å²) >= 11 is 0. The number of carbonyl (C=O) groups is 2. The van der Waals surface area contributed by atoms with E-state index in [4.69, 9.17) is 0 Å². The van der Waals surface area contributed by atoms with Gasteiger partial charge in [-0.2, -0.15) is 18.2 Å². The van der Waals surface area contributed by atoms with E-state index in [0.717, 1.165) is 17.1 Å². The van der Waals surface area contributed by atoms with Gasteiger partial charge in [0.15, 0.2) is 0 Å². The van der Waals surface area contributed by atoms with Gasteiger partial charge in [-0.25, -0.2) is 9.69 Å². The van der Waals surface area contributed by atoms with Gasteiger partial charge in [-0.15, -0.1) is 0 Å². The molecule has 136 valence electrons. The molecular formula is C19H12F3N3O2. The van der Waals surface area contributed by atoms with Crippen molar-refractivity contribution in [3.63, 3.8) is 0 Å². The van der Waals surface area contributed by atoms with Crippen LogP contribution >= 0.6 is 0 Å². The molecule has 0 bridgehead atoms. The number of halogens is 3. The molecule has 1 atom stereocenters. The Hall–Kier alpha value is -3.29. The van der Waals surface area contributed by atoms with E-state index in [2.05, 4.69) is 9.98 Å². The number of amides is 3. The average Bonchev–Trinajstić information content (AvgIpc) is 2.60. The SMILES string of the molecule is CC1=CC2=NC(=O)N(c3cncc4ccccc34)C(=O)C2=CC1C(F)(F)F. The van der Waals surface area contributed by atoms with Crippen molar-refractivity contribution in [2.24, 2.45) is 10.9 Å². The zero-order valence-electron chi connectivity index (χ0n) is 14.0. The Labute approximate surface area is 151 Å². The summed E-state index contributed by atoms with van der Waals surface area (Å²) in [6.07, 6.45) is 0.325. The van der Waals surface area contributed by atoms with Gasteiger partial charge < -0.3 is 0 Å². The van der Waals surface area contributed by atoms with E-state index < -0.39 is 24.0 Å².